The lowest BCUT2D eigenvalue weighted by Gasteiger charge is -2.10. The smallest absolute Gasteiger partial charge is 0.306 e. The summed E-state index contributed by atoms with van der Waals surface area (Å²) in [5.74, 6) is -0.235. The maximum Gasteiger partial charge on any atom is 0.306 e. The van der Waals surface area contributed by atoms with Gasteiger partial charge in [0.05, 0.1) is 12.5 Å². The second-order valence-corrected chi connectivity index (χ2v) is 3.73. The van der Waals surface area contributed by atoms with Crippen LogP contribution in [-0.4, -0.2) is 17.7 Å². The highest BCUT2D eigenvalue weighted by molar-refractivity contribution is 5.70. The van der Waals surface area contributed by atoms with E-state index in [1.807, 2.05) is 38.1 Å². The summed E-state index contributed by atoms with van der Waals surface area (Å²) in [6.45, 7) is 4.45. The highest BCUT2D eigenvalue weighted by Crippen LogP contribution is 2.18. The van der Waals surface area contributed by atoms with Crippen molar-refractivity contribution in [3.05, 3.63) is 29.8 Å². The molecule has 3 nitrogen and oxygen atoms in total. The van der Waals surface area contributed by atoms with Crippen LogP contribution in [0.2, 0.25) is 0 Å². The van der Waals surface area contributed by atoms with E-state index in [1.54, 1.807) is 0 Å². The van der Waals surface area contributed by atoms with Gasteiger partial charge in [0, 0.05) is 0 Å². The number of hydrogen-bond acceptors (Lipinski definition) is 2. The van der Waals surface area contributed by atoms with E-state index in [9.17, 15) is 4.79 Å². The second kappa shape index (κ2) is 6.16. The van der Waals surface area contributed by atoms with Crippen molar-refractivity contribution in [3.63, 3.8) is 0 Å². The SMILES string of the molecule is CCOc1cccc(CC(CC)C(=O)O)c1. The van der Waals surface area contributed by atoms with Gasteiger partial charge in [-0.15, -0.1) is 0 Å². The quantitative estimate of drug-likeness (QED) is 0.805. The number of hydrogen-bond donors (Lipinski definition) is 1. The van der Waals surface area contributed by atoms with Crippen molar-refractivity contribution < 1.29 is 14.6 Å². The van der Waals surface area contributed by atoms with E-state index in [2.05, 4.69) is 0 Å². The molecule has 1 atom stereocenters. The first-order valence-electron chi connectivity index (χ1n) is 5.61. The molecule has 0 saturated carbocycles. The summed E-state index contributed by atoms with van der Waals surface area (Å²) in [4.78, 5) is 10.9. The Balaban J connectivity index is 2.72. The third-order valence-electron chi connectivity index (χ3n) is 2.53. The first kappa shape index (κ1) is 12.6. The predicted molar refractivity (Wildman–Crippen MR) is 62.7 cm³/mol. The Morgan fingerprint density at radius 1 is 1.44 bits per heavy atom. The lowest BCUT2D eigenvalue weighted by molar-refractivity contribution is -0.141. The summed E-state index contributed by atoms with van der Waals surface area (Å²) in [5, 5.41) is 8.98. The fourth-order valence-corrected chi connectivity index (χ4v) is 1.62. The first-order chi connectivity index (χ1) is 7.67. The summed E-state index contributed by atoms with van der Waals surface area (Å²) >= 11 is 0. The molecular formula is C13H18O3. The third kappa shape index (κ3) is 3.57. The molecule has 0 heterocycles. The van der Waals surface area contributed by atoms with Crippen LogP contribution in [-0.2, 0) is 11.2 Å². The van der Waals surface area contributed by atoms with E-state index in [4.69, 9.17) is 9.84 Å². The first-order valence-corrected chi connectivity index (χ1v) is 5.61. The van der Waals surface area contributed by atoms with E-state index in [0.717, 1.165) is 11.3 Å². The Morgan fingerprint density at radius 3 is 2.75 bits per heavy atom. The molecule has 1 aromatic carbocycles. The highest BCUT2D eigenvalue weighted by atomic mass is 16.5. The van der Waals surface area contributed by atoms with Crippen LogP contribution in [0.1, 0.15) is 25.8 Å². The van der Waals surface area contributed by atoms with Crippen LogP contribution < -0.4 is 4.74 Å². The van der Waals surface area contributed by atoms with Crippen molar-refractivity contribution in [2.75, 3.05) is 6.61 Å². The van der Waals surface area contributed by atoms with Gasteiger partial charge in [0.1, 0.15) is 5.75 Å². The normalized spacial score (nSPS) is 12.1. The maximum absolute atomic E-state index is 10.9. The summed E-state index contributed by atoms with van der Waals surface area (Å²) in [6, 6.07) is 7.63. The van der Waals surface area contributed by atoms with Crippen molar-refractivity contribution >= 4 is 5.97 Å². The second-order valence-electron chi connectivity index (χ2n) is 3.73. The van der Waals surface area contributed by atoms with Crippen LogP contribution in [0.3, 0.4) is 0 Å². The zero-order valence-electron chi connectivity index (χ0n) is 9.77. The molecule has 16 heavy (non-hydrogen) atoms. The summed E-state index contributed by atoms with van der Waals surface area (Å²) in [5.41, 5.74) is 1.01. The van der Waals surface area contributed by atoms with Gasteiger partial charge in [-0.2, -0.15) is 0 Å². The van der Waals surface area contributed by atoms with Gasteiger partial charge in [-0.1, -0.05) is 19.1 Å². The molecule has 88 valence electrons. The van der Waals surface area contributed by atoms with Gasteiger partial charge in [-0.05, 0) is 37.5 Å². The Kier molecular flexibility index (Phi) is 4.83. The molecule has 0 fully saturated rings. The van der Waals surface area contributed by atoms with E-state index < -0.39 is 5.97 Å². The molecule has 1 aromatic rings. The van der Waals surface area contributed by atoms with Crippen molar-refractivity contribution in [2.45, 2.75) is 26.7 Å². The van der Waals surface area contributed by atoms with Crippen molar-refractivity contribution in [2.24, 2.45) is 5.92 Å². The van der Waals surface area contributed by atoms with E-state index >= 15 is 0 Å². The number of carboxylic acid groups (broad SMARTS) is 1. The van der Waals surface area contributed by atoms with Gasteiger partial charge < -0.3 is 9.84 Å². The molecular weight excluding hydrogens is 204 g/mol. The summed E-state index contributed by atoms with van der Waals surface area (Å²) < 4.78 is 5.37. The Hall–Kier alpha value is -1.51. The van der Waals surface area contributed by atoms with Crippen LogP contribution in [0.4, 0.5) is 0 Å². The molecule has 1 unspecified atom stereocenters. The minimum atomic E-state index is -0.732. The molecule has 0 aliphatic carbocycles. The molecule has 0 aliphatic heterocycles. The lowest BCUT2D eigenvalue weighted by atomic mass is 9.97. The number of rotatable bonds is 6. The van der Waals surface area contributed by atoms with E-state index in [0.29, 0.717) is 19.4 Å². The topological polar surface area (TPSA) is 46.5 Å². The molecule has 1 rings (SSSR count). The van der Waals surface area contributed by atoms with Crippen molar-refractivity contribution in [1.29, 1.82) is 0 Å². The molecule has 0 spiro atoms. The number of benzene rings is 1. The number of carbonyl (C=O) groups is 1. The molecule has 0 saturated heterocycles. The number of carboxylic acids is 1. The predicted octanol–water partition coefficient (Wildman–Crippen LogP) is 2.74. The monoisotopic (exact) mass is 222 g/mol. The van der Waals surface area contributed by atoms with Gasteiger partial charge in [0.15, 0.2) is 0 Å². The Bertz CT molecular complexity index is 347. The minimum absolute atomic E-state index is 0.308. The van der Waals surface area contributed by atoms with Gasteiger partial charge in [-0.25, -0.2) is 0 Å². The Morgan fingerprint density at radius 2 is 2.19 bits per heavy atom. The fourth-order valence-electron chi connectivity index (χ4n) is 1.62. The van der Waals surface area contributed by atoms with Crippen molar-refractivity contribution in [3.8, 4) is 5.75 Å². The molecule has 0 aromatic heterocycles. The van der Waals surface area contributed by atoms with Crippen LogP contribution in [0, 0.1) is 5.92 Å². The maximum atomic E-state index is 10.9. The van der Waals surface area contributed by atoms with Gasteiger partial charge >= 0.3 is 5.97 Å². The lowest BCUT2D eigenvalue weighted by Crippen LogP contribution is -2.15. The molecule has 3 heteroatoms. The Labute approximate surface area is 96.1 Å². The number of ether oxygens (including phenoxy) is 1. The van der Waals surface area contributed by atoms with Gasteiger partial charge in [0.25, 0.3) is 0 Å². The van der Waals surface area contributed by atoms with Gasteiger partial charge in [0.2, 0.25) is 0 Å². The highest BCUT2D eigenvalue weighted by Gasteiger charge is 2.15. The van der Waals surface area contributed by atoms with Crippen LogP contribution >= 0.6 is 0 Å². The van der Waals surface area contributed by atoms with E-state index in [1.165, 1.54) is 0 Å². The fraction of sp³-hybridized carbons (Fsp3) is 0.462. The van der Waals surface area contributed by atoms with Gasteiger partial charge in [-0.3, -0.25) is 4.79 Å². The molecule has 0 amide bonds. The largest absolute Gasteiger partial charge is 0.494 e. The average Bonchev–Trinajstić information content (AvgIpc) is 2.26. The minimum Gasteiger partial charge on any atom is -0.494 e. The van der Waals surface area contributed by atoms with E-state index in [-0.39, 0.29) is 5.92 Å². The summed E-state index contributed by atoms with van der Waals surface area (Å²) in [6.07, 6.45) is 1.21. The molecule has 0 aliphatic rings. The number of aliphatic carboxylic acids is 1. The zero-order valence-corrected chi connectivity index (χ0v) is 9.77. The van der Waals surface area contributed by atoms with Crippen LogP contribution in [0.15, 0.2) is 24.3 Å². The third-order valence-corrected chi connectivity index (χ3v) is 2.53. The molecule has 1 N–H and O–H groups in total. The van der Waals surface area contributed by atoms with Crippen LogP contribution in [0.25, 0.3) is 0 Å². The summed E-state index contributed by atoms with van der Waals surface area (Å²) in [7, 11) is 0. The molecule has 0 radical (unpaired) electrons. The standard InChI is InChI=1S/C13H18O3/c1-3-11(13(14)15)8-10-6-5-7-12(9-10)16-4-2/h5-7,9,11H,3-4,8H2,1-2H3,(H,14,15). The van der Waals surface area contributed by atoms with Crippen molar-refractivity contribution in [1.82, 2.24) is 0 Å². The average molecular weight is 222 g/mol. The van der Waals surface area contributed by atoms with Crippen LogP contribution in [0.5, 0.6) is 5.75 Å². The zero-order chi connectivity index (χ0) is 12.0. The molecule has 0 bridgehead atoms.